The molecule has 3 rings (SSSR count). The number of carbonyl (C=O) groups excluding carboxylic acids is 1. The van der Waals surface area contributed by atoms with Crippen LogP contribution >= 0.6 is 34.3 Å². The van der Waals surface area contributed by atoms with Gasteiger partial charge >= 0.3 is 0 Å². The van der Waals surface area contributed by atoms with E-state index in [9.17, 15) is 4.79 Å². The van der Waals surface area contributed by atoms with E-state index in [4.69, 9.17) is 11.6 Å². The Hall–Kier alpha value is -1.75. The van der Waals surface area contributed by atoms with E-state index in [-0.39, 0.29) is 5.78 Å². The van der Waals surface area contributed by atoms with E-state index in [1.165, 1.54) is 28.7 Å². The van der Waals surface area contributed by atoms with E-state index >= 15 is 0 Å². The SMILES string of the molecule is O=C(/C=C/c1nc(-c2ccccc2)cs1)c1ccc(Cl)s1. The van der Waals surface area contributed by atoms with Gasteiger partial charge in [-0.1, -0.05) is 41.9 Å². The zero-order valence-electron chi connectivity index (χ0n) is 10.8. The molecule has 1 aromatic carbocycles. The molecule has 0 bridgehead atoms. The van der Waals surface area contributed by atoms with Crippen molar-refractivity contribution in [1.82, 2.24) is 4.98 Å². The lowest BCUT2D eigenvalue weighted by molar-refractivity contribution is 0.105. The second kappa shape index (κ2) is 6.35. The number of carbonyl (C=O) groups is 1. The van der Waals surface area contributed by atoms with Gasteiger partial charge in [0.2, 0.25) is 0 Å². The van der Waals surface area contributed by atoms with Crippen molar-refractivity contribution in [2.45, 2.75) is 0 Å². The summed E-state index contributed by atoms with van der Waals surface area (Å²) in [6, 6.07) is 13.4. The van der Waals surface area contributed by atoms with Crippen LogP contribution in [0.4, 0.5) is 0 Å². The first-order valence-electron chi connectivity index (χ1n) is 6.21. The van der Waals surface area contributed by atoms with Crippen LogP contribution < -0.4 is 0 Å². The smallest absolute Gasteiger partial charge is 0.195 e. The molecule has 2 nitrogen and oxygen atoms in total. The predicted molar refractivity (Wildman–Crippen MR) is 90.2 cm³/mol. The van der Waals surface area contributed by atoms with Crippen molar-refractivity contribution in [2.24, 2.45) is 0 Å². The molecule has 0 amide bonds. The number of hydrogen-bond acceptors (Lipinski definition) is 4. The first-order valence-corrected chi connectivity index (χ1v) is 8.28. The van der Waals surface area contributed by atoms with Gasteiger partial charge in [0.25, 0.3) is 0 Å². The Morgan fingerprint density at radius 1 is 1.14 bits per heavy atom. The third-order valence-corrected chi connectivity index (χ3v) is 4.84. The second-order valence-corrected chi connectivity index (χ2v) is 6.84. The first-order chi connectivity index (χ1) is 10.2. The van der Waals surface area contributed by atoms with Crippen molar-refractivity contribution in [1.29, 1.82) is 0 Å². The Labute approximate surface area is 135 Å². The number of thiazole rings is 1. The third-order valence-electron chi connectivity index (χ3n) is 2.78. The molecule has 0 aliphatic heterocycles. The van der Waals surface area contributed by atoms with Crippen LogP contribution in [0.1, 0.15) is 14.7 Å². The summed E-state index contributed by atoms with van der Waals surface area (Å²) in [6.45, 7) is 0. The maximum Gasteiger partial charge on any atom is 0.195 e. The number of benzene rings is 1. The lowest BCUT2D eigenvalue weighted by Gasteiger charge is -1.93. The molecule has 0 N–H and O–H groups in total. The third kappa shape index (κ3) is 3.47. The summed E-state index contributed by atoms with van der Waals surface area (Å²) in [5.41, 5.74) is 2.00. The van der Waals surface area contributed by atoms with E-state index in [1.54, 1.807) is 18.2 Å². The van der Waals surface area contributed by atoms with Crippen LogP contribution in [0.3, 0.4) is 0 Å². The normalized spacial score (nSPS) is 11.1. The van der Waals surface area contributed by atoms with E-state index < -0.39 is 0 Å². The van der Waals surface area contributed by atoms with E-state index in [0.717, 1.165) is 16.3 Å². The van der Waals surface area contributed by atoms with Crippen LogP contribution in [-0.2, 0) is 0 Å². The number of rotatable bonds is 4. The van der Waals surface area contributed by atoms with Gasteiger partial charge in [0.05, 0.1) is 14.9 Å². The van der Waals surface area contributed by atoms with Crippen molar-refractivity contribution >= 4 is 46.1 Å². The van der Waals surface area contributed by atoms with Gasteiger partial charge in [-0.05, 0) is 24.3 Å². The molecule has 0 unspecified atom stereocenters. The van der Waals surface area contributed by atoms with Crippen molar-refractivity contribution in [3.05, 3.63) is 68.1 Å². The number of thiophene rings is 1. The molecule has 104 valence electrons. The monoisotopic (exact) mass is 331 g/mol. The molecule has 0 radical (unpaired) electrons. The predicted octanol–water partition coefficient (Wildman–Crippen LogP) is 5.42. The lowest BCUT2D eigenvalue weighted by Crippen LogP contribution is -1.88. The molecule has 0 saturated heterocycles. The summed E-state index contributed by atoms with van der Waals surface area (Å²) in [5.74, 6) is -0.0524. The van der Waals surface area contributed by atoms with Gasteiger partial charge in [0.1, 0.15) is 5.01 Å². The van der Waals surface area contributed by atoms with Crippen LogP contribution in [0.15, 0.2) is 53.9 Å². The topological polar surface area (TPSA) is 30.0 Å². The van der Waals surface area contributed by atoms with Gasteiger partial charge in [0, 0.05) is 10.9 Å². The Kier molecular flexibility index (Phi) is 4.29. The number of allylic oxidation sites excluding steroid dienone is 1. The van der Waals surface area contributed by atoms with Crippen LogP contribution in [-0.4, -0.2) is 10.8 Å². The van der Waals surface area contributed by atoms with Crippen LogP contribution in [0.25, 0.3) is 17.3 Å². The fourth-order valence-electron chi connectivity index (χ4n) is 1.78. The highest BCUT2D eigenvalue weighted by atomic mass is 35.5. The summed E-state index contributed by atoms with van der Waals surface area (Å²) in [6.07, 6.45) is 3.28. The zero-order chi connectivity index (χ0) is 14.7. The average molecular weight is 332 g/mol. The van der Waals surface area contributed by atoms with Crippen LogP contribution in [0.5, 0.6) is 0 Å². The number of hydrogen-bond donors (Lipinski definition) is 0. The van der Waals surface area contributed by atoms with E-state index in [0.29, 0.717) is 9.21 Å². The van der Waals surface area contributed by atoms with Gasteiger partial charge in [-0.25, -0.2) is 4.98 Å². The Morgan fingerprint density at radius 3 is 2.67 bits per heavy atom. The Bertz CT molecular complexity index is 789. The minimum absolute atomic E-state index is 0.0524. The molecule has 2 aromatic heterocycles. The molecule has 0 aliphatic rings. The molecule has 21 heavy (non-hydrogen) atoms. The molecular weight excluding hydrogens is 322 g/mol. The summed E-state index contributed by atoms with van der Waals surface area (Å²) >= 11 is 8.62. The summed E-state index contributed by atoms with van der Waals surface area (Å²) in [4.78, 5) is 17.1. The molecule has 3 aromatic rings. The minimum atomic E-state index is -0.0524. The molecule has 0 aliphatic carbocycles. The highest BCUT2D eigenvalue weighted by molar-refractivity contribution is 7.18. The lowest BCUT2D eigenvalue weighted by atomic mass is 10.2. The fraction of sp³-hybridized carbons (Fsp3) is 0. The van der Waals surface area contributed by atoms with E-state index in [1.807, 2.05) is 35.7 Å². The summed E-state index contributed by atoms with van der Waals surface area (Å²) in [5, 5.41) is 2.80. The highest BCUT2D eigenvalue weighted by Gasteiger charge is 2.06. The number of ketones is 1. The van der Waals surface area contributed by atoms with Crippen molar-refractivity contribution in [3.8, 4) is 11.3 Å². The molecule has 0 fully saturated rings. The minimum Gasteiger partial charge on any atom is -0.288 e. The molecule has 0 saturated carbocycles. The maximum absolute atomic E-state index is 11.9. The maximum atomic E-state index is 11.9. The van der Waals surface area contributed by atoms with Gasteiger partial charge in [-0.2, -0.15) is 0 Å². The van der Waals surface area contributed by atoms with Crippen LogP contribution in [0, 0.1) is 0 Å². The molecular formula is C16H10ClNOS2. The summed E-state index contributed by atoms with van der Waals surface area (Å²) < 4.78 is 0.618. The van der Waals surface area contributed by atoms with Gasteiger partial charge in [0.15, 0.2) is 5.78 Å². The van der Waals surface area contributed by atoms with E-state index in [2.05, 4.69) is 4.98 Å². The van der Waals surface area contributed by atoms with Gasteiger partial charge in [-0.15, -0.1) is 22.7 Å². The average Bonchev–Trinajstić information content (AvgIpc) is 3.15. The zero-order valence-corrected chi connectivity index (χ0v) is 13.2. The summed E-state index contributed by atoms with van der Waals surface area (Å²) in [7, 11) is 0. The van der Waals surface area contributed by atoms with Gasteiger partial charge < -0.3 is 0 Å². The number of halogens is 1. The standard InChI is InChI=1S/C16H10ClNOS2/c17-15-8-7-14(21-15)13(19)6-9-16-18-12(10-20-16)11-4-2-1-3-5-11/h1-10H/b9-6+. The Balaban J connectivity index is 1.75. The quantitative estimate of drug-likeness (QED) is 0.472. The highest BCUT2D eigenvalue weighted by Crippen LogP contribution is 2.24. The van der Waals surface area contributed by atoms with Crippen molar-refractivity contribution in [3.63, 3.8) is 0 Å². The molecule has 5 heteroatoms. The largest absolute Gasteiger partial charge is 0.288 e. The molecule has 0 atom stereocenters. The van der Waals surface area contributed by atoms with Gasteiger partial charge in [-0.3, -0.25) is 4.79 Å². The number of aromatic nitrogens is 1. The Morgan fingerprint density at radius 2 is 1.95 bits per heavy atom. The second-order valence-electron chi connectivity index (χ2n) is 4.24. The first kappa shape index (κ1) is 14.2. The molecule has 2 heterocycles. The molecule has 0 spiro atoms. The van der Waals surface area contributed by atoms with Crippen molar-refractivity contribution < 1.29 is 4.79 Å². The number of nitrogens with zero attached hydrogens (tertiary/aromatic N) is 1. The van der Waals surface area contributed by atoms with Crippen LogP contribution in [0.2, 0.25) is 4.34 Å². The fourth-order valence-corrected chi connectivity index (χ4v) is 3.46. The van der Waals surface area contributed by atoms with Crippen molar-refractivity contribution in [2.75, 3.05) is 0 Å².